The van der Waals surface area contributed by atoms with Crippen molar-refractivity contribution in [3.8, 4) is 5.75 Å². The van der Waals surface area contributed by atoms with Gasteiger partial charge in [0.15, 0.2) is 0 Å². The Labute approximate surface area is 145 Å². The molecule has 0 radical (unpaired) electrons. The van der Waals surface area contributed by atoms with Crippen LogP contribution in [-0.4, -0.2) is 45.5 Å². The minimum atomic E-state index is -0.741. The molecular weight excluding hydrogens is 332 g/mol. The van der Waals surface area contributed by atoms with Gasteiger partial charge in [-0.05, 0) is 25.0 Å². The summed E-state index contributed by atoms with van der Waals surface area (Å²) in [7, 11) is 0. The lowest BCUT2D eigenvalue weighted by Gasteiger charge is -2.15. The van der Waals surface area contributed by atoms with E-state index in [-0.39, 0.29) is 25.3 Å². The van der Waals surface area contributed by atoms with E-state index in [4.69, 9.17) is 26.8 Å². The minimum absolute atomic E-state index is 0.0105. The Morgan fingerprint density at radius 2 is 2.29 bits per heavy atom. The second kappa shape index (κ2) is 7.94. The van der Waals surface area contributed by atoms with Crippen molar-refractivity contribution in [3.63, 3.8) is 0 Å². The lowest BCUT2D eigenvalue weighted by Crippen LogP contribution is -2.26. The third-order valence-corrected chi connectivity index (χ3v) is 4.24. The first-order valence-electron chi connectivity index (χ1n) is 7.96. The van der Waals surface area contributed by atoms with Gasteiger partial charge in [0.1, 0.15) is 24.2 Å². The van der Waals surface area contributed by atoms with E-state index < -0.39 is 6.10 Å². The van der Waals surface area contributed by atoms with E-state index in [0.29, 0.717) is 16.5 Å². The summed E-state index contributed by atoms with van der Waals surface area (Å²) < 4.78 is 12.7. The Bertz CT molecular complexity index is 660. The highest BCUT2D eigenvalue weighted by Gasteiger charge is 2.26. The van der Waals surface area contributed by atoms with Gasteiger partial charge < -0.3 is 20.3 Å². The number of aromatic nitrogens is 3. The highest BCUT2D eigenvalue weighted by Crippen LogP contribution is 2.24. The van der Waals surface area contributed by atoms with Crippen LogP contribution in [0, 0.1) is 0 Å². The van der Waals surface area contributed by atoms with Crippen molar-refractivity contribution in [3.05, 3.63) is 41.2 Å². The monoisotopic (exact) mass is 352 g/mol. The van der Waals surface area contributed by atoms with Gasteiger partial charge in [-0.1, -0.05) is 28.9 Å². The van der Waals surface area contributed by atoms with E-state index in [0.717, 1.165) is 19.4 Å². The summed E-state index contributed by atoms with van der Waals surface area (Å²) in [6.07, 6.45) is 2.94. The maximum atomic E-state index is 10.1. The van der Waals surface area contributed by atoms with E-state index in [1.54, 1.807) is 23.0 Å². The van der Waals surface area contributed by atoms with Gasteiger partial charge in [-0.3, -0.25) is 0 Å². The molecule has 3 N–H and O–H groups in total. The first-order chi connectivity index (χ1) is 11.6. The summed E-state index contributed by atoms with van der Waals surface area (Å²) in [6.45, 7) is 1.11. The van der Waals surface area contributed by atoms with Crippen molar-refractivity contribution in [2.24, 2.45) is 5.73 Å². The molecule has 1 aromatic heterocycles. The number of ether oxygens (including phenoxy) is 2. The topological polar surface area (TPSA) is 95.4 Å². The second-order valence-corrected chi connectivity index (χ2v) is 6.25. The Balaban J connectivity index is 1.51. The van der Waals surface area contributed by atoms with Crippen LogP contribution in [0.1, 0.15) is 24.6 Å². The van der Waals surface area contributed by atoms with Crippen molar-refractivity contribution in [2.45, 2.75) is 37.6 Å². The van der Waals surface area contributed by atoms with Gasteiger partial charge in [0, 0.05) is 6.61 Å². The molecule has 3 rings (SSSR count). The maximum absolute atomic E-state index is 10.1. The molecule has 1 aliphatic heterocycles. The highest BCUT2D eigenvalue weighted by atomic mass is 35.5. The molecular formula is C16H21ClN4O3. The van der Waals surface area contributed by atoms with E-state index in [1.807, 2.05) is 12.1 Å². The molecule has 0 bridgehead atoms. The molecule has 1 saturated heterocycles. The molecule has 1 aromatic carbocycles. The number of rotatable bonds is 7. The van der Waals surface area contributed by atoms with Gasteiger partial charge in [0.05, 0.1) is 29.9 Å². The van der Waals surface area contributed by atoms with E-state index in [9.17, 15) is 5.11 Å². The van der Waals surface area contributed by atoms with E-state index >= 15 is 0 Å². The van der Waals surface area contributed by atoms with E-state index in [1.165, 1.54) is 0 Å². The van der Waals surface area contributed by atoms with Crippen LogP contribution in [0.5, 0.6) is 5.75 Å². The molecule has 8 heteroatoms. The van der Waals surface area contributed by atoms with Crippen molar-refractivity contribution < 1.29 is 14.6 Å². The molecule has 0 aliphatic carbocycles. The quantitative estimate of drug-likeness (QED) is 0.785. The van der Waals surface area contributed by atoms with Gasteiger partial charge in [0.2, 0.25) is 0 Å². The number of nitrogens with zero attached hydrogens (tertiary/aromatic N) is 3. The van der Waals surface area contributed by atoms with Gasteiger partial charge in [-0.25, -0.2) is 4.68 Å². The Hall–Kier alpha value is -1.67. The van der Waals surface area contributed by atoms with Gasteiger partial charge >= 0.3 is 0 Å². The van der Waals surface area contributed by atoms with Crippen LogP contribution in [-0.2, 0) is 11.3 Å². The summed E-state index contributed by atoms with van der Waals surface area (Å²) >= 11 is 6.01. The molecule has 3 atom stereocenters. The van der Waals surface area contributed by atoms with Crippen LogP contribution in [0.25, 0.3) is 0 Å². The summed E-state index contributed by atoms with van der Waals surface area (Å²) in [5, 5.41) is 18.7. The van der Waals surface area contributed by atoms with E-state index in [2.05, 4.69) is 10.3 Å². The fourth-order valence-corrected chi connectivity index (χ4v) is 2.84. The Morgan fingerprint density at radius 1 is 1.46 bits per heavy atom. The van der Waals surface area contributed by atoms with Crippen LogP contribution in [0.4, 0.5) is 0 Å². The zero-order valence-electron chi connectivity index (χ0n) is 13.2. The average molecular weight is 353 g/mol. The predicted molar refractivity (Wildman–Crippen MR) is 88.9 cm³/mol. The average Bonchev–Trinajstić information content (AvgIpc) is 3.25. The lowest BCUT2D eigenvalue weighted by molar-refractivity contribution is 0.0880. The van der Waals surface area contributed by atoms with Gasteiger partial charge in [-0.15, -0.1) is 5.10 Å². The number of aliphatic hydroxyl groups is 1. The fourth-order valence-electron chi connectivity index (χ4n) is 2.65. The fraction of sp³-hybridized carbons (Fsp3) is 0.500. The molecule has 0 amide bonds. The SMILES string of the molecule is NC(c1cn(CC(O)COc2ccccc2Cl)nn1)C1CCCO1. The predicted octanol–water partition coefficient (Wildman–Crippen LogP) is 1.55. The minimum Gasteiger partial charge on any atom is -0.489 e. The molecule has 2 heterocycles. The third kappa shape index (κ3) is 4.24. The number of nitrogens with two attached hydrogens (primary N) is 1. The van der Waals surface area contributed by atoms with Gasteiger partial charge in [0.25, 0.3) is 0 Å². The van der Waals surface area contributed by atoms with Crippen LogP contribution in [0.2, 0.25) is 5.02 Å². The van der Waals surface area contributed by atoms with Crippen molar-refractivity contribution in [2.75, 3.05) is 13.2 Å². The summed E-state index contributed by atoms with van der Waals surface area (Å²) in [6, 6.07) is 6.84. The third-order valence-electron chi connectivity index (χ3n) is 3.93. The molecule has 24 heavy (non-hydrogen) atoms. The van der Waals surface area contributed by atoms with Crippen molar-refractivity contribution >= 4 is 11.6 Å². The first-order valence-corrected chi connectivity index (χ1v) is 8.34. The molecule has 7 nitrogen and oxygen atoms in total. The molecule has 3 unspecified atom stereocenters. The molecule has 0 saturated carbocycles. The molecule has 1 aliphatic rings. The van der Waals surface area contributed by atoms with Gasteiger partial charge in [-0.2, -0.15) is 0 Å². The summed E-state index contributed by atoms with van der Waals surface area (Å²) in [4.78, 5) is 0. The molecule has 1 fully saturated rings. The Kier molecular flexibility index (Phi) is 5.68. The zero-order valence-corrected chi connectivity index (χ0v) is 14.0. The normalized spacial score (nSPS) is 20.0. The second-order valence-electron chi connectivity index (χ2n) is 5.84. The van der Waals surface area contributed by atoms with Crippen LogP contribution >= 0.6 is 11.6 Å². The zero-order chi connectivity index (χ0) is 16.9. The Morgan fingerprint density at radius 3 is 3.04 bits per heavy atom. The van der Waals surface area contributed by atoms with Crippen molar-refractivity contribution in [1.29, 1.82) is 0 Å². The maximum Gasteiger partial charge on any atom is 0.138 e. The number of hydrogen-bond donors (Lipinski definition) is 2. The number of benzene rings is 1. The largest absolute Gasteiger partial charge is 0.489 e. The van der Waals surface area contributed by atoms with Crippen LogP contribution in [0.15, 0.2) is 30.5 Å². The van der Waals surface area contributed by atoms with Crippen LogP contribution < -0.4 is 10.5 Å². The highest BCUT2D eigenvalue weighted by molar-refractivity contribution is 6.32. The standard InChI is InChI=1S/C16H21ClN4O3/c17-12-4-1-2-5-14(12)24-10-11(22)8-21-9-13(19-20-21)16(18)15-6-3-7-23-15/h1-2,4-5,9,11,15-16,22H,3,6-8,10,18H2. The first kappa shape index (κ1) is 17.2. The lowest BCUT2D eigenvalue weighted by atomic mass is 10.1. The number of halogens is 1. The van der Waals surface area contributed by atoms with Crippen molar-refractivity contribution in [1.82, 2.24) is 15.0 Å². The summed E-state index contributed by atoms with van der Waals surface area (Å²) in [5.41, 5.74) is 6.82. The molecule has 0 spiro atoms. The number of hydrogen-bond acceptors (Lipinski definition) is 6. The molecule has 2 aromatic rings. The molecule has 130 valence electrons. The number of aliphatic hydroxyl groups excluding tert-OH is 1. The number of para-hydroxylation sites is 1. The smallest absolute Gasteiger partial charge is 0.138 e. The summed E-state index contributed by atoms with van der Waals surface area (Å²) in [5.74, 6) is 0.540. The van der Waals surface area contributed by atoms with Crippen LogP contribution in [0.3, 0.4) is 0 Å².